The first-order valence-electron chi connectivity index (χ1n) is 4.46. The first kappa shape index (κ1) is 10.4. The molecule has 1 fully saturated rings. The highest BCUT2D eigenvalue weighted by Crippen LogP contribution is 1.97. The summed E-state index contributed by atoms with van der Waals surface area (Å²) in [6.45, 7) is 3.11. The minimum Gasteiger partial charge on any atom is -0.393 e. The number of carbonyl (C=O) groups excluding carboxylic acids is 1. The van der Waals surface area contributed by atoms with Crippen LogP contribution in [0.5, 0.6) is 0 Å². The Kier molecular flexibility index (Phi) is 4.11. The Balaban J connectivity index is 2.13. The molecular weight excluding hydrogens is 186 g/mol. The van der Waals surface area contributed by atoms with E-state index in [0.29, 0.717) is 11.5 Å². The highest BCUT2D eigenvalue weighted by molar-refractivity contribution is 7.80. The average molecular weight is 201 g/mol. The van der Waals surface area contributed by atoms with Gasteiger partial charge < -0.3 is 11.1 Å². The van der Waals surface area contributed by atoms with Gasteiger partial charge in [-0.1, -0.05) is 12.2 Å². The Morgan fingerprint density at radius 3 is 3.08 bits per heavy atom. The number of nitrogens with one attached hydrogen (secondary N) is 1. The maximum Gasteiger partial charge on any atom is 0.234 e. The molecule has 1 aliphatic heterocycles. The van der Waals surface area contributed by atoms with Crippen molar-refractivity contribution in [1.29, 1.82) is 0 Å². The van der Waals surface area contributed by atoms with Crippen molar-refractivity contribution in [1.82, 2.24) is 10.2 Å². The molecule has 0 aromatic rings. The fourth-order valence-electron chi connectivity index (χ4n) is 1.36. The second-order valence-electron chi connectivity index (χ2n) is 3.20. The molecule has 0 aliphatic carbocycles. The smallest absolute Gasteiger partial charge is 0.234 e. The van der Waals surface area contributed by atoms with E-state index in [9.17, 15) is 4.79 Å². The Morgan fingerprint density at radius 1 is 1.69 bits per heavy atom. The molecule has 1 aliphatic rings. The molecule has 0 radical (unpaired) electrons. The van der Waals surface area contributed by atoms with Crippen LogP contribution in [-0.2, 0) is 4.79 Å². The molecule has 0 spiro atoms. The topological polar surface area (TPSA) is 58.4 Å². The monoisotopic (exact) mass is 201 g/mol. The number of amides is 1. The van der Waals surface area contributed by atoms with Gasteiger partial charge in [0.2, 0.25) is 5.91 Å². The normalized spacial score (nSPS) is 18.3. The van der Waals surface area contributed by atoms with Gasteiger partial charge in [0.05, 0.1) is 11.5 Å². The Bertz CT molecular complexity index is 208. The van der Waals surface area contributed by atoms with Crippen LogP contribution in [0.1, 0.15) is 12.8 Å². The first-order valence-corrected chi connectivity index (χ1v) is 4.86. The van der Waals surface area contributed by atoms with E-state index >= 15 is 0 Å². The zero-order valence-electron chi connectivity index (χ0n) is 7.58. The number of carbonyl (C=O) groups is 1. The fourth-order valence-corrected chi connectivity index (χ4v) is 1.50. The van der Waals surface area contributed by atoms with E-state index in [0.717, 1.165) is 32.5 Å². The van der Waals surface area contributed by atoms with Crippen LogP contribution in [0.4, 0.5) is 0 Å². The molecule has 0 aromatic heterocycles. The van der Waals surface area contributed by atoms with Gasteiger partial charge in [0, 0.05) is 13.1 Å². The molecule has 1 saturated heterocycles. The van der Waals surface area contributed by atoms with Gasteiger partial charge >= 0.3 is 0 Å². The molecule has 0 unspecified atom stereocenters. The van der Waals surface area contributed by atoms with E-state index in [1.165, 1.54) is 0 Å². The lowest BCUT2D eigenvalue weighted by molar-refractivity contribution is -0.124. The third-order valence-corrected chi connectivity index (χ3v) is 2.22. The highest BCUT2D eigenvalue weighted by Gasteiger charge is 2.14. The van der Waals surface area contributed by atoms with Gasteiger partial charge in [0.25, 0.3) is 0 Å². The standard InChI is InChI=1S/C8H15N3OS/c9-7(13)2-1-4-11-5-3-10-8(12)6-11/h1-6H2,(H2,9,13)(H,10,12). The van der Waals surface area contributed by atoms with E-state index in [-0.39, 0.29) is 5.91 Å². The minimum absolute atomic E-state index is 0.113. The van der Waals surface area contributed by atoms with Gasteiger partial charge in [-0.05, 0) is 19.4 Å². The molecule has 1 heterocycles. The fraction of sp³-hybridized carbons (Fsp3) is 0.750. The van der Waals surface area contributed by atoms with Crippen molar-refractivity contribution >= 4 is 23.1 Å². The maximum atomic E-state index is 11.0. The molecule has 0 aromatic carbocycles. The minimum atomic E-state index is 0.113. The van der Waals surface area contributed by atoms with Crippen molar-refractivity contribution in [3.05, 3.63) is 0 Å². The van der Waals surface area contributed by atoms with Crippen molar-refractivity contribution in [2.24, 2.45) is 5.73 Å². The number of hydrogen-bond donors (Lipinski definition) is 2. The number of nitrogens with two attached hydrogens (primary N) is 1. The van der Waals surface area contributed by atoms with Gasteiger partial charge in [-0.25, -0.2) is 0 Å². The van der Waals surface area contributed by atoms with Crippen molar-refractivity contribution in [2.75, 3.05) is 26.2 Å². The molecule has 5 heteroatoms. The zero-order chi connectivity index (χ0) is 9.68. The summed E-state index contributed by atoms with van der Waals surface area (Å²) in [7, 11) is 0. The largest absolute Gasteiger partial charge is 0.393 e. The van der Waals surface area contributed by atoms with Crippen molar-refractivity contribution in [2.45, 2.75) is 12.8 Å². The summed E-state index contributed by atoms with van der Waals surface area (Å²) < 4.78 is 0. The summed E-state index contributed by atoms with van der Waals surface area (Å²) in [6, 6.07) is 0. The molecule has 1 amide bonds. The van der Waals surface area contributed by atoms with Crippen LogP contribution < -0.4 is 11.1 Å². The van der Waals surface area contributed by atoms with Crippen molar-refractivity contribution in [3.63, 3.8) is 0 Å². The lowest BCUT2D eigenvalue weighted by Crippen LogP contribution is -2.47. The highest BCUT2D eigenvalue weighted by atomic mass is 32.1. The summed E-state index contributed by atoms with van der Waals surface area (Å²) in [5.74, 6) is 0.113. The number of rotatable bonds is 4. The number of hydrogen-bond acceptors (Lipinski definition) is 3. The Hall–Kier alpha value is -0.680. The van der Waals surface area contributed by atoms with Gasteiger partial charge in [-0.3, -0.25) is 9.69 Å². The second-order valence-corrected chi connectivity index (χ2v) is 3.72. The maximum absolute atomic E-state index is 11.0. The van der Waals surface area contributed by atoms with Crippen LogP contribution in [0, 0.1) is 0 Å². The Morgan fingerprint density at radius 2 is 2.46 bits per heavy atom. The lowest BCUT2D eigenvalue weighted by atomic mass is 10.2. The van der Waals surface area contributed by atoms with Gasteiger partial charge in [0.1, 0.15) is 0 Å². The first-order chi connectivity index (χ1) is 6.18. The lowest BCUT2D eigenvalue weighted by Gasteiger charge is -2.26. The van der Waals surface area contributed by atoms with Crippen LogP contribution in [0.2, 0.25) is 0 Å². The molecule has 0 saturated carbocycles. The van der Waals surface area contributed by atoms with Crippen LogP contribution in [0.3, 0.4) is 0 Å². The Labute approximate surface area is 83.5 Å². The third kappa shape index (κ3) is 4.19. The molecule has 4 nitrogen and oxygen atoms in total. The van der Waals surface area contributed by atoms with Gasteiger partial charge in [0.15, 0.2) is 0 Å². The molecule has 3 N–H and O–H groups in total. The molecule has 13 heavy (non-hydrogen) atoms. The molecule has 0 atom stereocenters. The average Bonchev–Trinajstić information content (AvgIpc) is 2.03. The zero-order valence-corrected chi connectivity index (χ0v) is 8.40. The second kappa shape index (κ2) is 5.14. The van der Waals surface area contributed by atoms with E-state index < -0.39 is 0 Å². The molecule has 0 bridgehead atoms. The number of thiocarbonyl (C=S) groups is 1. The summed E-state index contributed by atoms with van der Waals surface area (Å²) in [5, 5.41) is 2.78. The van der Waals surface area contributed by atoms with E-state index in [1.54, 1.807) is 0 Å². The number of piperazine rings is 1. The van der Waals surface area contributed by atoms with E-state index in [1.807, 2.05) is 0 Å². The summed E-state index contributed by atoms with van der Waals surface area (Å²) in [5.41, 5.74) is 5.37. The summed E-state index contributed by atoms with van der Waals surface area (Å²) in [6.07, 6.45) is 1.72. The van der Waals surface area contributed by atoms with Crippen LogP contribution in [0.25, 0.3) is 0 Å². The quantitative estimate of drug-likeness (QED) is 0.601. The molecule has 1 rings (SSSR count). The van der Waals surface area contributed by atoms with E-state index in [4.69, 9.17) is 18.0 Å². The summed E-state index contributed by atoms with van der Waals surface area (Å²) >= 11 is 4.77. The number of nitrogens with zero attached hydrogens (tertiary/aromatic N) is 1. The third-order valence-electron chi connectivity index (χ3n) is 2.01. The summed E-state index contributed by atoms with van der Waals surface area (Å²) in [4.78, 5) is 13.6. The van der Waals surface area contributed by atoms with E-state index in [2.05, 4.69) is 10.2 Å². The molecule has 74 valence electrons. The SMILES string of the molecule is NC(=S)CCCN1CCNC(=O)C1. The van der Waals surface area contributed by atoms with Gasteiger partial charge in [-0.15, -0.1) is 0 Å². The van der Waals surface area contributed by atoms with Crippen molar-refractivity contribution < 1.29 is 4.79 Å². The van der Waals surface area contributed by atoms with Crippen LogP contribution in [0.15, 0.2) is 0 Å². The van der Waals surface area contributed by atoms with Crippen LogP contribution in [-0.4, -0.2) is 42.0 Å². The predicted octanol–water partition coefficient (Wildman–Crippen LogP) is -0.516. The van der Waals surface area contributed by atoms with Crippen molar-refractivity contribution in [3.8, 4) is 0 Å². The predicted molar refractivity (Wildman–Crippen MR) is 55.5 cm³/mol. The molecular formula is C8H15N3OS. The van der Waals surface area contributed by atoms with Crippen LogP contribution >= 0.6 is 12.2 Å². The van der Waals surface area contributed by atoms with Gasteiger partial charge in [-0.2, -0.15) is 0 Å².